The molecule has 21 heavy (non-hydrogen) atoms. The molecule has 3 heterocycles. The highest BCUT2D eigenvalue weighted by molar-refractivity contribution is 8.27. The maximum atomic E-state index is 5.33. The van der Waals surface area contributed by atoms with Crippen molar-refractivity contribution < 1.29 is 0 Å². The van der Waals surface area contributed by atoms with Gasteiger partial charge in [0, 0.05) is 23.7 Å². The molecule has 5 heteroatoms. The van der Waals surface area contributed by atoms with Gasteiger partial charge in [0.2, 0.25) is 0 Å². The minimum absolute atomic E-state index is 0.761. The Bertz CT molecular complexity index is 647. The van der Waals surface area contributed by atoms with Crippen LogP contribution in [0.15, 0.2) is 17.0 Å². The van der Waals surface area contributed by atoms with Crippen LogP contribution in [0.5, 0.6) is 0 Å². The van der Waals surface area contributed by atoms with Crippen molar-refractivity contribution in [1.29, 1.82) is 0 Å². The molecule has 0 spiro atoms. The molecular weight excluding hydrogens is 316 g/mol. The molecule has 2 nitrogen and oxygen atoms in total. The van der Waals surface area contributed by atoms with Crippen LogP contribution in [0, 0.1) is 0 Å². The zero-order valence-corrected chi connectivity index (χ0v) is 14.1. The average molecular weight is 333 g/mol. The molecule has 1 fully saturated rings. The lowest BCUT2D eigenvalue weighted by atomic mass is 9.90. The van der Waals surface area contributed by atoms with Crippen molar-refractivity contribution >= 4 is 57.3 Å². The highest BCUT2D eigenvalue weighted by Crippen LogP contribution is 2.37. The molecule has 4 rings (SSSR count). The molecule has 0 saturated carbocycles. The smallest absolute Gasteiger partial charge is 0.143 e. The standard InChI is InChI=1S/C16H16N2S3/c19-15-13(21-16(20)17-15)9-10-7-11-3-1-5-18-6-2-4-12(8-10)14(11)18/h7-9H,1-6H2,(H,17,19,20)/b13-9-. The second kappa shape index (κ2) is 5.38. The van der Waals surface area contributed by atoms with Crippen molar-refractivity contribution in [1.82, 2.24) is 5.32 Å². The van der Waals surface area contributed by atoms with Gasteiger partial charge < -0.3 is 10.2 Å². The van der Waals surface area contributed by atoms with Gasteiger partial charge in [0.15, 0.2) is 0 Å². The lowest BCUT2D eigenvalue weighted by Crippen LogP contribution is -2.34. The summed E-state index contributed by atoms with van der Waals surface area (Å²) in [6, 6.07) is 4.68. The zero-order chi connectivity index (χ0) is 14.4. The summed E-state index contributed by atoms with van der Waals surface area (Å²) in [5.74, 6) is 0. The molecule has 0 bridgehead atoms. The van der Waals surface area contributed by atoms with Crippen LogP contribution in [0.25, 0.3) is 6.08 Å². The molecule has 1 saturated heterocycles. The fraction of sp³-hybridized carbons (Fsp3) is 0.375. The monoisotopic (exact) mass is 332 g/mol. The number of benzene rings is 1. The van der Waals surface area contributed by atoms with Crippen molar-refractivity contribution in [3.8, 4) is 0 Å². The third-order valence-corrected chi connectivity index (χ3v) is 5.93. The number of nitrogens with one attached hydrogen (secondary N) is 1. The number of rotatable bonds is 1. The fourth-order valence-corrected chi connectivity index (χ4v) is 4.96. The molecule has 0 unspecified atom stereocenters. The molecule has 0 amide bonds. The molecule has 3 aliphatic rings. The first-order chi connectivity index (χ1) is 10.2. The summed E-state index contributed by atoms with van der Waals surface area (Å²) in [5, 5.41) is 3.05. The largest absolute Gasteiger partial charge is 0.371 e. The molecule has 0 atom stereocenters. The normalized spacial score (nSPS) is 22.5. The van der Waals surface area contributed by atoms with E-state index in [0.717, 1.165) is 14.2 Å². The van der Waals surface area contributed by atoms with E-state index in [4.69, 9.17) is 24.4 Å². The second-order valence-electron chi connectivity index (χ2n) is 5.73. The van der Waals surface area contributed by atoms with Crippen LogP contribution in [-0.4, -0.2) is 22.4 Å². The summed E-state index contributed by atoms with van der Waals surface area (Å²) in [4.78, 5) is 4.41. The van der Waals surface area contributed by atoms with Crippen molar-refractivity contribution in [3.05, 3.63) is 33.7 Å². The fourth-order valence-electron chi connectivity index (χ4n) is 3.49. The van der Waals surface area contributed by atoms with Crippen molar-refractivity contribution in [2.75, 3.05) is 18.0 Å². The van der Waals surface area contributed by atoms with Gasteiger partial charge in [0.05, 0.1) is 0 Å². The van der Waals surface area contributed by atoms with Crippen LogP contribution in [0.2, 0.25) is 0 Å². The molecule has 0 radical (unpaired) electrons. The van der Waals surface area contributed by atoms with Crippen LogP contribution >= 0.6 is 36.2 Å². The Kier molecular flexibility index (Phi) is 3.52. The first kappa shape index (κ1) is 13.7. The lowest BCUT2D eigenvalue weighted by molar-refractivity contribution is 0.634. The van der Waals surface area contributed by atoms with Crippen LogP contribution in [-0.2, 0) is 12.8 Å². The van der Waals surface area contributed by atoms with Gasteiger partial charge in [-0.25, -0.2) is 0 Å². The summed E-state index contributed by atoms with van der Waals surface area (Å²) in [5.41, 5.74) is 5.80. The Morgan fingerprint density at radius 2 is 1.76 bits per heavy atom. The quantitative estimate of drug-likeness (QED) is 0.621. The Balaban J connectivity index is 1.76. The summed E-state index contributed by atoms with van der Waals surface area (Å²) < 4.78 is 0.761. The predicted molar refractivity (Wildman–Crippen MR) is 99.2 cm³/mol. The molecular formula is C16H16N2S3. The van der Waals surface area contributed by atoms with Gasteiger partial charge in [0.25, 0.3) is 0 Å². The van der Waals surface area contributed by atoms with Gasteiger partial charge in [-0.1, -0.05) is 36.2 Å². The maximum absolute atomic E-state index is 5.33. The van der Waals surface area contributed by atoms with Gasteiger partial charge in [0.1, 0.15) is 9.31 Å². The van der Waals surface area contributed by atoms with Gasteiger partial charge in [-0.2, -0.15) is 0 Å². The topological polar surface area (TPSA) is 15.3 Å². The predicted octanol–water partition coefficient (Wildman–Crippen LogP) is 3.68. The molecule has 1 aromatic carbocycles. The van der Waals surface area contributed by atoms with E-state index in [9.17, 15) is 0 Å². The molecule has 108 valence electrons. The minimum atomic E-state index is 0.761. The van der Waals surface area contributed by atoms with E-state index < -0.39 is 0 Å². The number of anilines is 1. The Labute approximate surface area is 140 Å². The van der Waals surface area contributed by atoms with E-state index >= 15 is 0 Å². The number of hydrogen-bond donors (Lipinski definition) is 1. The van der Waals surface area contributed by atoms with Crippen LogP contribution < -0.4 is 10.2 Å². The second-order valence-corrected chi connectivity index (χ2v) is 7.86. The average Bonchev–Trinajstić information content (AvgIpc) is 2.77. The molecule has 1 N–H and O–H groups in total. The number of aryl methyl sites for hydroxylation is 2. The molecule has 1 aromatic rings. The van der Waals surface area contributed by atoms with E-state index in [1.54, 1.807) is 11.8 Å². The minimum Gasteiger partial charge on any atom is -0.371 e. The SMILES string of the molecule is S=C1NC(=S)/C(=C/c2cc3c4c(c2)CCCN4CCC3)S1. The first-order valence-electron chi connectivity index (χ1n) is 7.36. The first-order valence-corrected chi connectivity index (χ1v) is 8.99. The molecule has 3 aliphatic heterocycles. The van der Waals surface area contributed by atoms with E-state index in [1.807, 2.05) is 0 Å². The zero-order valence-electron chi connectivity index (χ0n) is 11.6. The Morgan fingerprint density at radius 3 is 2.33 bits per heavy atom. The maximum Gasteiger partial charge on any atom is 0.143 e. The van der Waals surface area contributed by atoms with Gasteiger partial charge in [-0.05, 0) is 60.6 Å². The number of hydrogen-bond acceptors (Lipinski definition) is 4. The van der Waals surface area contributed by atoms with Crippen molar-refractivity contribution in [3.63, 3.8) is 0 Å². The summed E-state index contributed by atoms with van der Waals surface area (Å²) in [7, 11) is 0. The van der Waals surface area contributed by atoms with Gasteiger partial charge >= 0.3 is 0 Å². The van der Waals surface area contributed by atoms with Gasteiger partial charge in [-0.3, -0.25) is 0 Å². The highest BCUT2D eigenvalue weighted by Gasteiger charge is 2.24. The number of nitrogens with zero attached hydrogens (tertiary/aromatic N) is 1. The van der Waals surface area contributed by atoms with Crippen LogP contribution in [0.4, 0.5) is 5.69 Å². The van der Waals surface area contributed by atoms with Gasteiger partial charge in [-0.15, -0.1) is 0 Å². The van der Waals surface area contributed by atoms with E-state index in [2.05, 4.69) is 28.4 Å². The van der Waals surface area contributed by atoms with E-state index in [1.165, 1.54) is 61.2 Å². The summed E-state index contributed by atoms with van der Waals surface area (Å²) in [6.45, 7) is 2.44. The Morgan fingerprint density at radius 1 is 1.10 bits per heavy atom. The number of thioether (sulfide) groups is 1. The summed E-state index contributed by atoms with van der Waals surface area (Å²) in [6.07, 6.45) is 7.12. The highest BCUT2D eigenvalue weighted by atomic mass is 32.2. The van der Waals surface area contributed by atoms with E-state index in [0.29, 0.717) is 0 Å². The van der Waals surface area contributed by atoms with Crippen molar-refractivity contribution in [2.45, 2.75) is 25.7 Å². The van der Waals surface area contributed by atoms with E-state index in [-0.39, 0.29) is 0 Å². The van der Waals surface area contributed by atoms with Crippen LogP contribution in [0.1, 0.15) is 29.5 Å². The third-order valence-electron chi connectivity index (χ3n) is 4.29. The third kappa shape index (κ3) is 2.51. The summed E-state index contributed by atoms with van der Waals surface area (Å²) >= 11 is 12.1. The van der Waals surface area contributed by atoms with Crippen LogP contribution in [0.3, 0.4) is 0 Å². The molecule has 0 aromatic heterocycles. The number of thiocarbonyl (C=S) groups is 2. The Hall–Kier alpha value is -0.910. The molecule has 0 aliphatic carbocycles. The van der Waals surface area contributed by atoms with Crippen molar-refractivity contribution in [2.24, 2.45) is 0 Å². The lowest BCUT2D eigenvalue weighted by Gasteiger charge is -2.37.